The maximum absolute atomic E-state index is 7.89. The quantitative estimate of drug-likeness (QED) is 0.233. The van der Waals surface area contributed by atoms with Crippen LogP contribution in [0.25, 0.3) is 40.5 Å². The second-order valence-corrected chi connectivity index (χ2v) is 12.4. The highest BCUT2D eigenvalue weighted by Crippen LogP contribution is 2.52. The predicted octanol–water partition coefficient (Wildman–Crippen LogP) is 10.5. The van der Waals surface area contributed by atoms with Gasteiger partial charge >= 0.3 is 0 Å². The van der Waals surface area contributed by atoms with E-state index < -0.39 is 6.85 Å². The minimum Gasteiger partial charge on any atom is -0.359 e. The van der Waals surface area contributed by atoms with Crippen LogP contribution in [0.5, 0.6) is 0 Å². The van der Waals surface area contributed by atoms with E-state index in [2.05, 4.69) is 102 Å². The first kappa shape index (κ1) is 20.9. The van der Waals surface area contributed by atoms with Gasteiger partial charge in [0.05, 0.1) is 17.1 Å². The van der Waals surface area contributed by atoms with Crippen LogP contribution in [-0.2, 0) is 12.8 Å². The average molecular weight is 559 g/mol. The summed E-state index contributed by atoms with van der Waals surface area (Å²) in [6, 6.07) is 29.7. The van der Waals surface area contributed by atoms with E-state index >= 15 is 0 Å². The molecule has 0 fully saturated rings. The number of thiophene rings is 2. The molecule has 1 unspecified atom stereocenters. The van der Waals surface area contributed by atoms with Crippen molar-refractivity contribution in [1.29, 1.82) is 0 Å². The second kappa shape index (κ2) is 9.05. The second-order valence-electron chi connectivity index (χ2n) is 10.4. The molecule has 4 aromatic carbocycles. The summed E-state index contributed by atoms with van der Waals surface area (Å²) < 4.78 is 27.5. The largest absolute Gasteiger partial charge is 0.359 e. The zero-order valence-electron chi connectivity index (χ0n) is 25.3. The van der Waals surface area contributed by atoms with E-state index in [0.29, 0.717) is 0 Å². The van der Waals surface area contributed by atoms with Gasteiger partial charge in [0.15, 0.2) is 0 Å². The fourth-order valence-electron chi connectivity index (χ4n) is 6.41. The summed E-state index contributed by atoms with van der Waals surface area (Å²) in [5.41, 5.74) is 7.57. The van der Waals surface area contributed by atoms with Crippen molar-refractivity contribution in [2.45, 2.75) is 39.7 Å². The first-order chi connectivity index (χ1) is 20.9. The fourth-order valence-corrected chi connectivity index (χ4v) is 8.92. The number of nitrogens with zero attached hydrogens (tertiary/aromatic N) is 2. The van der Waals surface area contributed by atoms with Crippen LogP contribution in [0.4, 0.5) is 17.1 Å². The lowest BCUT2D eigenvalue weighted by molar-refractivity contribution is 0.825. The summed E-state index contributed by atoms with van der Waals surface area (Å²) >= 11 is 3.47. The summed E-state index contributed by atoms with van der Waals surface area (Å²) in [5, 5.41) is 8.64. The maximum atomic E-state index is 7.89. The highest BCUT2D eigenvalue weighted by atomic mass is 32.1. The number of fused-ring (bicyclic) bond motifs is 7. The third-order valence-corrected chi connectivity index (χ3v) is 10.6. The van der Waals surface area contributed by atoms with Gasteiger partial charge in [0, 0.05) is 51.0 Å². The van der Waals surface area contributed by atoms with Crippen LogP contribution >= 0.6 is 22.7 Å². The van der Waals surface area contributed by atoms with Gasteiger partial charge in [0.2, 0.25) is 0 Å². The molecule has 1 atom stereocenters. The molecule has 8 rings (SSSR count). The molecule has 40 heavy (non-hydrogen) atoms. The van der Waals surface area contributed by atoms with Crippen LogP contribution in [0.15, 0.2) is 84.9 Å². The lowest BCUT2D eigenvalue weighted by atomic mass is 9.96. The first-order valence-electron chi connectivity index (χ1n) is 15.3. The lowest BCUT2D eigenvalue weighted by Gasteiger charge is -2.32. The Morgan fingerprint density at radius 2 is 1.68 bits per heavy atom. The monoisotopic (exact) mass is 558 g/mol. The molecule has 1 N–H and O–H groups in total. The standard InChI is InChI=1S/C35H29N3S2/c1-4-21-19-27-23-11-6-9-16-30(23)39-32(27)22(5-2)31(21)38-29-15-8-7-14-28(29)37-34(38)26-13-10-12-24-25-18-17-20(3)36-35(25)40-33(24)26/h6-19,34,37H,4-5H2,1-3H3/i3D3. The van der Waals surface area contributed by atoms with Crippen molar-refractivity contribution in [3.63, 3.8) is 0 Å². The highest BCUT2D eigenvalue weighted by molar-refractivity contribution is 7.26. The van der Waals surface area contributed by atoms with Gasteiger partial charge in [-0.05, 0) is 67.2 Å². The van der Waals surface area contributed by atoms with Crippen LogP contribution in [0.3, 0.4) is 0 Å². The molecule has 0 amide bonds. The summed E-state index contributed by atoms with van der Waals surface area (Å²) in [4.78, 5) is 7.87. The van der Waals surface area contributed by atoms with Gasteiger partial charge in [-0.15, -0.1) is 22.7 Å². The Morgan fingerprint density at radius 1 is 0.825 bits per heavy atom. The number of hydrogen-bond donors (Lipinski definition) is 1. The topological polar surface area (TPSA) is 28.2 Å². The van der Waals surface area contributed by atoms with Crippen LogP contribution in [0.1, 0.15) is 46.5 Å². The Bertz CT molecular complexity index is 2210. The number of benzene rings is 4. The SMILES string of the molecule is [2H]C([2H])([2H])c1ccc2c(n1)sc1c(C3Nc4ccccc4N3c3c(CC)cc4c(sc5ccccc54)c3CC)cccc12. The highest BCUT2D eigenvalue weighted by Gasteiger charge is 2.35. The maximum Gasteiger partial charge on any atom is 0.132 e. The number of hydrogen-bond acceptors (Lipinski definition) is 5. The van der Waals surface area contributed by atoms with Crippen molar-refractivity contribution in [2.24, 2.45) is 0 Å². The fraction of sp³-hybridized carbons (Fsp3) is 0.171. The van der Waals surface area contributed by atoms with Crippen molar-refractivity contribution in [2.75, 3.05) is 10.2 Å². The van der Waals surface area contributed by atoms with Crippen LogP contribution in [0, 0.1) is 6.85 Å². The zero-order chi connectivity index (χ0) is 29.5. The number of pyridine rings is 1. The van der Waals surface area contributed by atoms with E-state index in [4.69, 9.17) is 4.11 Å². The molecule has 0 bridgehead atoms. The van der Waals surface area contributed by atoms with Crippen molar-refractivity contribution < 1.29 is 4.11 Å². The van der Waals surface area contributed by atoms with E-state index in [9.17, 15) is 0 Å². The van der Waals surface area contributed by atoms with E-state index in [1.165, 1.54) is 42.7 Å². The van der Waals surface area contributed by atoms with E-state index in [0.717, 1.165) is 44.4 Å². The zero-order valence-corrected chi connectivity index (χ0v) is 23.9. The number of anilines is 3. The van der Waals surface area contributed by atoms with Crippen LogP contribution < -0.4 is 10.2 Å². The molecule has 0 saturated heterocycles. The van der Waals surface area contributed by atoms with E-state index in [-0.39, 0.29) is 11.9 Å². The third-order valence-electron chi connectivity index (χ3n) is 8.20. The molecule has 0 spiro atoms. The molecular weight excluding hydrogens is 527 g/mol. The molecule has 5 heteroatoms. The number of para-hydroxylation sites is 2. The van der Waals surface area contributed by atoms with Crippen molar-refractivity contribution in [3.05, 3.63) is 107 Å². The number of nitrogens with one attached hydrogen (secondary N) is 1. The van der Waals surface area contributed by atoms with Gasteiger partial charge in [-0.25, -0.2) is 4.98 Å². The molecule has 1 aliphatic heterocycles. The van der Waals surface area contributed by atoms with E-state index in [1.54, 1.807) is 17.4 Å². The molecule has 196 valence electrons. The Kier molecular flexibility index (Phi) is 4.73. The number of rotatable bonds is 4. The smallest absolute Gasteiger partial charge is 0.132 e. The predicted molar refractivity (Wildman–Crippen MR) is 175 cm³/mol. The molecule has 0 saturated carbocycles. The van der Waals surface area contributed by atoms with Gasteiger partial charge in [-0.1, -0.05) is 62.4 Å². The van der Waals surface area contributed by atoms with Crippen molar-refractivity contribution >= 4 is 80.2 Å². The summed E-state index contributed by atoms with van der Waals surface area (Å²) in [6.45, 7) is 2.29. The molecule has 0 aliphatic carbocycles. The van der Waals surface area contributed by atoms with Gasteiger partial charge in [-0.2, -0.15) is 0 Å². The Balaban J connectivity index is 1.39. The van der Waals surface area contributed by atoms with Gasteiger partial charge in [0.25, 0.3) is 0 Å². The van der Waals surface area contributed by atoms with Crippen molar-refractivity contribution in [3.8, 4) is 0 Å². The molecule has 7 aromatic rings. The Labute approximate surface area is 245 Å². The number of aromatic nitrogens is 1. The normalized spacial score (nSPS) is 16.4. The van der Waals surface area contributed by atoms with Crippen molar-refractivity contribution in [1.82, 2.24) is 4.98 Å². The van der Waals surface area contributed by atoms with E-state index in [1.807, 2.05) is 17.4 Å². The summed E-state index contributed by atoms with van der Waals surface area (Å²) in [5.74, 6) is 0. The lowest BCUT2D eigenvalue weighted by Crippen LogP contribution is -2.25. The molecule has 4 heterocycles. The minimum absolute atomic E-state index is 0.137. The summed E-state index contributed by atoms with van der Waals surface area (Å²) in [7, 11) is 0. The van der Waals surface area contributed by atoms with Gasteiger partial charge in [-0.3, -0.25) is 0 Å². The minimum atomic E-state index is -2.24. The molecule has 3 aromatic heterocycles. The van der Waals surface area contributed by atoms with Gasteiger partial charge in [0.1, 0.15) is 11.0 Å². The van der Waals surface area contributed by atoms with Crippen LogP contribution in [-0.4, -0.2) is 4.98 Å². The van der Waals surface area contributed by atoms with Crippen LogP contribution in [0.2, 0.25) is 0 Å². The summed E-state index contributed by atoms with van der Waals surface area (Å²) in [6.07, 6.45) is 1.70. The van der Waals surface area contributed by atoms with Gasteiger partial charge < -0.3 is 10.2 Å². The first-order valence-corrected chi connectivity index (χ1v) is 15.4. The molecule has 3 nitrogen and oxygen atoms in total. The number of aryl methyl sites for hydroxylation is 3. The molecule has 1 aliphatic rings. The third kappa shape index (κ3) is 3.38. The average Bonchev–Trinajstić information content (AvgIpc) is 3.70. The Morgan fingerprint density at radius 3 is 2.55 bits per heavy atom. The molecular formula is C35H29N3S2. The molecule has 0 radical (unpaired) electrons. The Hall–Kier alpha value is -3.93.